The van der Waals surface area contributed by atoms with Gasteiger partial charge in [-0.1, -0.05) is 18.2 Å². The van der Waals surface area contributed by atoms with Gasteiger partial charge in [0.25, 0.3) is 0 Å². The smallest absolute Gasteiger partial charge is 0.311 e. The quantitative estimate of drug-likeness (QED) is 0.674. The predicted octanol–water partition coefficient (Wildman–Crippen LogP) is 2.98. The zero-order chi connectivity index (χ0) is 17.6. The summed E-state index contributed by atoms with van der Waals surface area (Å²) in [5.41, 5.74) is 1.84. The monoisotopic (exact) mass is 357 g/mol. The molecule has 0 radical (unpaired) electrons. The average molecular weight is 357 g/mol. The van der Waals surface area contributed by atoms with Gasteiger partial charge in [-0.2, -0.15) is 8.42 Å². The fourth-order valence-corrected chi connectivity index (χ4v) is 4.07. The average Bonchev–Trinajstić information content (AvgIpc) is 2.69. The normalized spacial score (nSPS) is 18.7. The maximum atomic E-state index is 12.8. The molecule has 1 aliphatic rings. The third-order valence-electron chi connectivity index (χ3n) is 4.14. The van der Waals surface area contributed by atoms with Gasteiger partial charge < -0.3 is 13.9 Å². The topological polar surface area (TPSA) is 85.6 Å². The second-order valence-electron chi connectivity index (χ2n) is 6.02. The Morgan fingerprint density at radius 1 is 1.16 bits per heavy atom. The second kappa shape index (κ2) is 5.63. The third kappa shape index (κ3) is 2.87. The Bertz CT molecular complexity index is 1130. The van der Waals surface area contributed by atoms with Crippen LogP contribution >= 0.6 is 0 Å². The Hall–Kier alpha value is -2.80. The standard InChI is InChI=1S/C18H15NO5S/c1-11-6-7-14-17(8-11)24-25(21,22)10-15(19-14)13-9-23-16-5-3-2-4-12(16)18(13)20/h2-9,15,19H,10H2,1H3. The van der Waals surface area contributed by atoms with E-state index < -0.39 is 16.2 Å². The largest absolute Gasteiger partial charge is 0.464 e. The fraction of sp³-hybridized carbons (Fsp3) is 0.167. The van der Waals surface area contributed by atoms with E-state index in [4.69, 9.17) is 8.60 Å². The van der Waals surface area contributed by atoms with Crippen LogP contribution in [0.1, 0.15) is 17.2 Å². The third-order valence-corrected chi connectivity index (χ3v) is 5.31. The maximum Gasteiger partial charge on any atom is 0.311 e. The predicted molar refractivity (Wildman–Crippen MR) is 94.4 cm³/mol. The minimum Gasteiger partial charge on any atom is -0.464 e. The van der Waals surface area contributed by atoms with Gasteiger partial charge in [-0.3, -0.25) is 4.79 Å². The molecule has 25 heavy (non-hydrogen) atoms. The van der Waals surface area contributed by atoms with Crippen LogP contribution in [0.3, 0.4) is 0 Å². The molecule has 0 saturated heterocycles. The van der Waals surface area contributed by atoms with E-state index in [1.807, 2.05) is 13.0 Å². The van der Waals surface area contributed by atoms with E-state index in [0.29, 0.717) is 16.7 Å². The van der Waals surface area contributed by atoms with E-state index in [9.17, 15) is 13.2 Å². The minimum absolute atomic E-state index is 0.229. The van der Waals surface area contributed by atoms with Crippen LogP contribution < -0.4 is 14.9 Å². The Morgan fingerprint density at radius 3 is 2.80 bits per heavy atom. The van der Waals surface area contributed by atoms with Crippen LogP contribution in [0, 0.1) is 6.92 Å². The molecule has 0 saturated carbocycles. The Labute approximate surface area is 144 Å². The number of aryl methyl sites for hydroxylation is 1. The molecule has 4 rings (SSSR count). The van der Waals surface area contributed by atoms with Gasteiger partial charge >= 0.3 is 10.1 Å². The summed E-state index contributed by atoms with van der Waals surface area (Å²) in [6, 6.07) is 11.3. The van der Waals surface area contributed by atoms with Gasteiger partial charge in [0.2, 0.25) is 0 Å². The van der Waals surface area contributed by atoms with Crippen molar-refractivity contribution in [2.24, 2.45) is 0 Å². The minimum atomic E-state index is -3.86. The zero-order valence-corrected chi connectivity index (χ0v) is 14.2. The lowest BCUT2D eigenvalue weighted by atomic mass is 10.1. The Kier molecular flexibility index (Phi) is 3.54. The summed E-state index contributed by atoms with van der Waals surface area (Å²) in [4.78, 5) is 12.8. The number of rotatable bonds is 1. The number of nitrogens with one attached hydrogen (secondary N) is 1. The van der Waals surface area contributed by atoms with Crippen LogP contribution in [0.5, 0.6) is 5.75 Å². The first-order valence-corrected chi connectivity index (χ1v) is 9.30. The first kappa shape index (κ1) is 15.7. The lowest BCUT2D eigenvalue weighted by Gasteiger charge is -2.15. The maximum absolute atomic E-state index is 12.8. The number of hydrogen-bond donors (Lipinski definition) is 1. The molecule has 2 aromatic carbocycles. The lowest BCUT2D eigenvalue weighted by Crippen LogP contribution is -2.26. The summed E-state index contributed by atoms with van der Waals surface area (Å²) in [6.07, 6.45) is 1.32. The second-order valence-corrected chi connectivity index (χ2v) is 7.64. The van der Waals surface area contributed by atoms with E-state index in [1.54, 1.807) is 36.4 Å². The van der Waals surface area contributed by atoms with Crippen molar-refractivity contribution in [3.8, 4) is 5.75 Å². The van der Waals surface area contributed by atoms with Gasteiger partial charge in [0.15, 0.2) is 11.2 Å². The van der Waals surface area contributed by atoms with Crippen LogP contribution in [-0.4, -0.2) is 14.2 Å². The molecule has 1 aliphatic heterocycles. The van der Waals surface area contributed by atoms with Crippen molar-refractivity contribution in [3.63, 3.8) is 0 Å². The molecule has 3 aromatic rings. The first-order chi connectivity index (χ1) is 11.9. The van der Waals surface area contributed by atoms with Crippen molar-refractivity contribution in [3.05, 3.63) is 70.1 Å². The molecule has 0 spiro atoms. The molecule has 1 aromatic heterocycles. The van der Waals surface area contributed by atoms with Gasteiger partial charge in [-0.25, -0.2) is 0 Å². The van der Waals surface area contributed by atoms with E-state index in [2.05, 4.69) is 5.32 Å². The summed E-state index contributed by atoms with van der Waals surface area (Å²) < 4.78 is 35.3. The van der Waals surface area contributed by atoms with Gasteiger partial charge in [-0.05, 0) is 36.8 Å². The van der Waals surface area contributed by atoms with Crippen LogP contribution in [0.25, 0.3) is 11.0 Å². The fourth-order valence-electron chi connectivity index (χ4n) is 2.92. The van der Waals surface area contributed by atoms with Gasteiger partial charge in [0, 0.05) is 0 Å². The lowest BCUT2D eigenvalue weighted by molar-refractivity contribution is 0.487. The molecule has 2 heterocycles. The molecule has 0 amide bonds. The number of hydrogen-bond acceptors (Lipinski definition) is 6. The van der Waals surface area contributed by atoms with Crippen molar-refractivity contribution < 1.29 is 17.0 Å². The van der Waals surface area contributed by atoms with Crippen molar-refractivity contribution >= 4 is 26.8 Å². The molecule has 1 unspecified atom stereocenters. The zero-order valence-electron chi connectivity index (χ0n) is 13.4. The van der Waals surface area contributed by atoms with Crippen LogP contribution in [0.2, 0.25) is 0 Å². The number of fused-ring (bicyclic) bond motifs is 2. The van der Waals surface area contributed by atoms with Crippen molar-refractivity contribution in [1.29, 1.82) is 0 Å². The molecule has 128 valence electrons. The van der Waals surface area contributed by atoms with Crippen LogP contribution in [0.4, 0.5) is 5.69 Å². The van der Waals surface area contributed by atoms with Gasteiger partial charge in [0.1, 0.15) is 17.6 Å². The Balaban J connectivity index is 1.86. The highest BCUT2D eigenvalue weighted by molar-refractivity contribution is 7.87. The van der Waals surface area contributed by atoms with E-state index in [1.165, 1.54) is 6.26 Å². The molecule has 1 atom stereocenters. The van der Waals surface area contributed by atoms with Crippen LogP contribution in [0.15, 0.2) is 57.9 Å². The van der Waals surface area contributed by atoms with Gasteiger partial charge in [0.05, 0.1) is 22.7 Å². The molecule has 1 N–H and O–H groups in total. The number of benzene rings is 2. The van der Waals surface area contributed by atoms with E-state index in [-0.39, 0.29) is 22.5 Å². The highest BCUT2D eigenvalue weighted by Crippen LogP contribution is 2.34. The van der Waals surface area contributed by atoms with Crippen molar-refractivity contribution in [2.45, 2.75) is 13.0 Å². The van der Waals surface area contributed by atoms with Crippen molar-refractivity contribution in [1.82, 2.24) is 0 Å². The summed E-state index contributed by atoms with van der Waals surface area (Å²) in [6.45, 7) is 1.84. The molecule has 0 bridgehead atoms. The molecular weight excluding hydrogens is 342 g/mol. The van der Waals surface area contributed by atoms with E-state index in [0.717, 1.165) is 5.56 Å². The van der Waals surface area contributed by atoms with E-state index >= 15 is 0 Å². The summed E-state index contributed by atoms with van der Waals surface area (Å²) >= 11 is 0. The number of anilines is 1. The molecule has 0 aliphatic carbocycles. The molecule has 6 nitrogen and oxygen atoms in total. The Morgan fingerprint density at radius 2 is 1.96 bits per heavy atom. The molecule has 7 heteroatoms. The summed E-state index contributed by atoms with van der Waals surface area (Å²) in [7, 11) is -3.86. The highest BCUT2D eigenvalue weighted by atomic mass is 32.2. The SMILES string of the molecule is Cc1ccc2c(c1)OS(=O)(=O)CC(c1coc3ccccc3c1=O)N2. The molecule has 0 fully saturated rings. The molecular formula is C18H15NO5S. The summed E-state index contributed by atoms with van der Waals surface area (Å²) in [5.74, 6) is -0.142. The first-order valence-electron chi connectivity index (χ1n) is 7.73. The summed E-state index contributed by atoms with van der Waals surface area (Å²) in [5, 5.41) is 3.51. The van der Waals surface area contributed by atoms with Crippen molar-refractivity contribution in [2.75, 3.05) is 11.1 Å². The van der Waals surface area contributed by atoms with Gasteiger partial charge in [-0.15, -0.1) is 0 Å². The van der Waals surface area contributed by atoms with Crippen LogP contribution in [-0.2, 0) is 10.1 Å². The highest BCUT2D eigenvalue weighted by Gasteiger charge is 2.30. The number of para-hydroxylation sites is 1.